The molecule has 136 valence electrons. The van der Waals surface area contributed by atoms with Gasteiger partial charge >= 0.3 is 5.97 Å². The molecule has 0 saturated heterocycles. The summed E-state index contributed by atoms with van der Waals surface area (Å²) in [5.74, 6) is -0.863. The van der Waals surface area contributed by atoms with Crippen molar-refractivity contribution in [2.24, 2.45) is 5.41 Å². The molecule has 6 nitrogen and oxygen atoms in total. The van der Waals surface area contributed by atoms with Crippen LogP contribution >= 0.6 is 0 Å². The highest BCUT2D eigenvalue weighted by Gasteiger charge is 2.66. The highest BCUT2D eigenvalue weighted by molar-refractivity contribution is 5.98. The van der Waals surface area contributed by atoms with Gasteiger partial charge in [-0.1, -0.05) is 26.5 Å². The fourth-order valence-electron chi connectivity index (χ4n) is 3.16. The number of aliphatic carboxylic acids is 1. The number of rotatable bonds is 8. The van der Waals surface area contributed by atoms with Gasteiger partial charge in [-0.25, -0.2) is 4.79 Å². The van der Waals surface area contributed by atoms with Crippen LogP contribution in [-0.2, 0) is 9.53 Å². The summed E-state index contributed by atoms with van der Waals surface area (Å²) in [7, 11) is 0. The molecule has 0 aliphatic heterocycles. The van der Waals surface area contributed by atoms with Gasteiger partial charge in [-0.2, -0.15) is 0 Å². The minimum absolute atomic E-state index is 0.205. The Hall–Kier alpha value is -2.34. The molecular formula is C19H25NO5. The molecule has 2 unspecified atom stereocenters. The number of carboxylic acid groups (broad SMARTS) is 1. The van der Waals surface area contributed by atoms with Crippen LogP contribution in [0.4, 0.5) is 0 Å². The molecule has 0 spiro atoms. The summed E-state index contributed by atoms with van der Waals surface area (Å²) in [4.78, 5) is 24.5. The maximum atomic E-state index is 12.6. The molecular weight excluding hydrogens is 322 g/mol. The fraction of sp³-hybridized carbons (Fsp3) is 0.474. The van der Waals surface area contributed by atoms with Crippen LogP contribution in [0.3, 0.4) is 0 Å². The zero-order valence-electron chi connectivity index (χ0n) is 14.9. The van der Waals surface area contributed by atoms with Crippen molar-refractivity contribution in [3.8, 4) is 5.75 Å². The lowest BCUT2D eigenvalue weighted by molar-refractivity contribution is -0.190. The van der Waals surface area contributed by atoms with Crippen molar-refractivity contribution in [1.82, 2.24) is 5.32 Å². The van der Waals surface area contributed by atoms with Crippen LogP contribution in [0, 0.1) is 5.41 Å². The summed E-state index contributed by atoms with van der Waals surface area (Å²) in [6.45, 7) is 9.92. The van der Waals surface area contributed by atoms with Crippen LogP contribution in [-0.4, -0.2) is 41.8 Å². The van der Waals surface area contributed by atoms with Crippen LogP contribution in [0.25, 0.3) is 0 Å². The Morgan fingerprint density at radius 3 is 2.48 bits per heavy atom. The van der Waals surface area contributed by atoms with E-state index in [9.17, 15) is 14.7 Å². The highest BCUT2D eigenvalue weighted by Crippen LogP contribution is 2.51. The normalized spacial score (nSPS) is 24.0. The molecule has 1 amide bonds. The van der Waals surface area contributed by atoms with Crippen molar-refractivity contribution in [3.05, 3.63) is 42.5 Å². The maximum Gasteiger partial charge on any atom is 0.330 e. The van der Waals surface area contributed by atoms with E-state index in [-0.39, 0.29) is 12.5 Å². The summed E-state index contributed by atoms with van der Waals surface area (Å²) in [6, 6.07) is 6.55. The summed E-state index contributed by atoms with van der Waals surface area (Å²) in [5.41, 5.74) is -1.68. The minimum atomic E-state index is -1.35. The van der Waals surface area contributed by atoms with Gasteiger partial charge in [-0.05, 0) is 31.2 Å². The Morgan fingerprint density at radius 2 is 2.00 bits per heavy atom. The van der Waals surface area contributed by atoms with E-state index in [1.165, 1.54) is 0 Å². The molecule has 1 aromatic carbocycles. The van der Waals surface area contributed by atoms with Crippen LogP contribution in [0.5, 0.6) is 5.75 Å². The van der Waals surface area contributed by atoms with Gasteiger partial charge in [0.1, 0.15) is 17.9 Å². The van der Waals surface area contributed by atoms with Crippen LogP contribution < -0.4 is 10.1 Å². The number of amides is 1. The fourth-order valence-corrected chi connectivity index (χ4v) is 3.16. The first-order valence-electron chi connectivity index (χ1n) is 8.29. The van der Waals surface area contributed by atoms with Crippen molar-refractivity contribution in [2.45, 2.75) is 38.8 Å². The largest absolute Gasteiger partial charge is 0.490 e. The number of hydrogen-bond donors (Lipinski definition) is 2. The van der Waals surface area contributed by atoms with E-state index >= 15 is 0 Å². The Bertz CT molecular complexity index is 652. The quantitative estimate of drug-likeness (QED) is 0.706. The van der Waals surface area contributed by atoms with E-state index < -0.39 is 22.8 Å². The van der Waals surface area contributed by atoms with E-state index in [1.807, 2.05) is 6.92 Å². The third kappa shape index (κ3) is 3.39. The summed E-state index contributed by atoms with van der Waals surface area (Å²) in [6.07, 6.45) is 1.67. The molecule has 0 radical (unpaired) electrons. The van der Waals surface area contributed by atoms with E-state index in [0.717, 1.165) is 0 Å². The molecule has 0 bridgehead atoms. The van der Waals surface area contributed by atoms with E-state index in [2.05, 4.69) is 11.9 Å². The first-order valence-corrected chi connectivity index (χ1v) is 8.29. The summed E-state index contributed by atoms with van der Waals surface area (Å²) < 4.78 is 11.0. The second-order valence-corrected chi connectivity index (χ2v) is 6.66. The number of hydrogen-bond acceptors (Lipinski definition) is 4. The zero-order valence-corrected chi connectivity index (χ0v) is 14.9. The van der Waals surface area contributed by atoms with Gasteiger partial charge < -0.3 is 19.9 Å². The van der Waals surface area contributed by atoms with Gasteiger partial charge in [0.15, 0.2) is 0 Å². The first-order chi connectivity index (χ1) is 11.8. The number of ether oxygens (including phenoxy) is 2. The first kappa shape index (κ1) is 19.0. The highest BCUT2D eigenvalue weighted by atomic mass is 16.5. The van der Waals surface area contributed by atoms with Gasteiger partial charge in [0.05, 0.1) is 6.10 Å². The Labute approximate surface area is 147 Å². The zero-order chi connectivity index (χ0) is 18.7. The Balaban J connectivity index is 2.14. The second-order valence-electron chi connectivity index (χ2n) is 6.66. The smallest absolute Gasteiger partial charge is 0.330 e. The maximum absolute atomic E-state index is 12.6. The van der Waals surface area contributed by atoms with Gasteiger partial charge in [0.2, 0.25) is 0 Å². The number of carboxylic acids is 1. The molecule has 25 heavy (non-hydrogen) atoms. The molecule has 1 aliphatic carbocycles. The molecule has 1 fully saturated rings. The van der Waals surface area contributed by atoms with E-state index in [4.69, 9.17) is 9.47 Å². The van der Waals surface area contributed by atoms with Gasteiger partial charge in [0, 0.05) is 24.0 Å². The van der Waals surface area contributed by atoms with E-state index in [1.54, 1.807) is 44.2 Å². The third-order valence-electron chi connectivity index (χ3n) is 4.94. The summed E-state index contributed by atoms with van der Waals surface area (Å²) in [5, 5.41) is 12.5. The Morgan fingerprint density at radius 1 is 1.36 bits per heavy atom. The molecule has 1 aliphatic rings. The molecule has 1 saturated carbocycles. The molecule has 0 heterocycles. The second kappa shape index (κ2) is 7.27. The van der Waals surface area contributed by atoms with Gasteiger partial charge in [-0.3, -0.25) is 4.79 Å². The molecule has 2 rings (SSSR count). The average molecular weight is 347 g/mol. The number of carbonyl (C=O) groups is 2. The standard InChI is InChI=1S/C19H25NO5/c1-5-11-25-14-9-7-13(8-10-14)16(21)20-19(17(22)23)12-15(24-6-2)18(19,3)4/h5,7-10,15H,1,6,11-12H2,2-4H3,(H,20,21)(H,22,23). The van der Waals surface area contributed by atoms with Gasteiger partial charge in [0.25, 0.3) is 5.91 Å². The topological polar surface area (TPSA) is 84.9 Å². The van der Waals surface area contributed by atoms with Crippen molar-refractivity contribution >= 4 is 11.9 Å². The molecule has 2 atom stereocenters. The van der Waals surface area contributed by atoms with Crippen molar-refractivity contribution in [2.75, 3.05) is 13.2 Å². The average Bonchev–Trinajstić information content (AvgIpc) is 2.58. The van der Waals surface area contributed by atoms with Crippen LogP contribution in [0.15, 0.2) is 36.9 Å². The molecule has 6 heteroatoms. The number of nitrogens with one attached hydrogen (secondary N) is 1. The third-order valence-corrected chi connectivity index (χ3v) is 4.94. The van der Waals surface area contributed by atoms with Crippen molar-refractivity contribution < 1.29 is 24.2 Å². The SMILES string of the molecule is C=CCOc1ccc(C(=O)NC2(C(=O)O)CC(OCC)C2(C)C)cc1. The lowest BCUT2D eigenvalue weighted by Crippen LogP contribution is -2.76. The molecule has 0 aromatic heterocycles. The van der Waals surface area contributed by atoms with Crippen LogP contribution in [0.1, 0.15) is 37.6 Å². The summed E-state index contributed by atoms with van der Waals surface area (Å²) >= 11 is 0. The number of benzene rings is 1. The van der Waals surface area contributed by atoms with E-state index in [0.29, 0.717) is 24.5 Å². The van der Waals surface area contributed by atoms with Gasteiger partial charge in [-0.15, -0.1) is 0 Å². The van der Waals surface area contributed by atoms with Crippen molar-refractivity contribution in [3.63, 3.8) is 0 Å². The predicted octanol–water partition coefficient (Wildman–Crippen LogP) is 2.64. The molecule has 1 aromatic rings. The Kier molecular flexibility index (Phi) is 5.52. The lowest BCUT2D eigenvalue weighted by Gasteiger charge is -2.58. The van der Waals surface area contributed by atoms with Crippen molar-refractivity contribution in [1.29, 1.82) is 0 Å². The predicted molar refractivity (Wildman–Crippen MR) is 93.8 cm³/mol. The lowest BCUT2D eigenvalue weighted by atomic mass is 9.54. The number of carbonyl (C=O) groups excluding carboxylic acids is 1. The monoisotopic (exact) mass is 347 g/mol. The molecule has 2 N–H and O–H groups in total. The minimum Gasteiger partial charge on any atom is -0.490 e. The van der Waals surface area contributed by atoms with Crippen LogP contribution in [0.2, 0.25) is 0 Å².